The highest BCUT2D eigenvalue weighted by Crippen LogP contribution is 2.35. The van der Waals surface area contributed by atoms with E-state index in [1.165, 1.54) is 7.11 Å². The molecule has 1 aliphatic rings. The lowest BCUT2D eigenvalue weighted by atomic mass is 9.95. The van der Waals surface area contributed by atoms with Crippen molar-refractivity contribution >= 4 is 40.6 Å². The Balaban J connectivity index is 1.28. The van der Waals surface area contributed by atoms with Gasteiger partial charge in [-0.15, -0.1) is 0 Å². The number of ether oxygens (including phenoxy) is 4. The Bertz CT molecular complexity index is 1830. The number of hydrogen-bond acceptors (Lipinski definition) is 9. The Labute approximate surface area is 277 Å². The predicted octanol–water partition coefficient (Wildman–Crippen LogP) is 5.59. The van der Waals surface area contributed by atoms with Crippen molar-refractivity contribution in [1.29, 1.82) is 0 Å². The molecule has 2 atom stereocenters. The molecule has 5 rings (SSSR count). The van der Waals surface area contributed by atoms with Crippen LogP contribution in [0.15, 0.2) is 95.2 Å². The van der Waals surface area contributed by atoms with E-state index in [0.717, 1.165) is 21.9 Å². The summed E-state index contributed by atoms with van der Waals surface area (Å²) in [5.41, 5.74) is 5.52. The molecule has 4 aromatic carbocycles. The monoisotopic (exact) mass is 658 g/mol. The van der Waals surface area contributed by atoms with Gasteiger partial charge in [0.15, 0.2) is 17.7 Å². The number of carbonyl (C=O) groups is 2. The Morgan fingerprint density at radius 2 is 1.79 bits per heavy atom. The van der Waals surface area contributed by atoms with Crippen LogP contribution in [0.4, 0.5) is 4.79 Å². The first-order valence-corrected chi connectivity index (χ1v) is 15.3. The minimum absolute atomic E-state index is 0.168. The van der Waals surface area contributed by atoms with Gasteiger partial charge in [0.25, 0.3) is 0 Å². The van der Waals surface area contributed by atoms with Gasteiger partial charge in [-0.05, 0) is 54.4 Å². The van der Waals surface area contributed by atoms with Gasteiger partial charge in [-0.3, -0.25) is 5.43 Å². The number of methoxy groups -OCH3 is 1. The molecule has 0 aromatic heterocycles. The van der Waals surface area contributed by atoms with Gasteiger partial charge >= 0.3 is 12.0 Å². The number of fused-ring (bicyclic) bond motifs is 1. The van der Waals surface area contributed by atoms with E-state index in [2.05, 4.69) is 21.2 Å². The van der Waals surface area contributed by atoms with Gasteiger partial charge in [-0.1, -0.05) is 66.2 Å². The fraction of sp³-hybridized carbons (Fsp3) is 0.229. The van der Waals surface area contributed by atoms with Crippen LogP contribution in [0.25, 0.3) is 10.8 Å². The van der Waals surface area contributed by atoms with E-state index in [-0.39, 0.29) is 18.8 Å². The van der Waals surface area contributed by atoms with Crippen molar-refractivity contribution in [2.75, 3.05) is 20.3 Å². The van der Waals surface area contributed by atoms with Crippen molar-refractivity contribution in [3.63, 3.8) is 0 Å². The lowest BCUT2D eigenvalue weighted by molar-refractivity contribution is -0.136. The molecule has 0 unspecified atom stereocenters. The Morgan fingerprint density at radius 3 is 2.57 bits per heavy atom. The number of benzene rings is 4. The number of halogens is 1. The maximum Gasteiger partial charge on any atom is 0.337 e. The van der Waals surface area contributed by atoms with Crippen molar-refractivity contribution < 1.29 is 33.6 Å². The van der Waals surface area contributed by atoms with Gasteiger partial charge in [-0.2, -0.15) is 5.10 Å². The third-order valence-corrected chi connectivity index (χ3v) is 7.73. The molecule has 0 saturated carbocycles. The number of rotatable bonds is 13. The molecule has 0 saturated heterocycles. The van der Waals surface area contributed by atoms with E-state index in [0.29, 0.717) is 40.1 Å². The smallest absolute Gasteiger partial charge is 0.337 e. The maximum atomic E-state index is 12.5. The molecule has 4 aromatic rings. The largest absolute Gasteiger partial charge is 0.490 e. The minimum atomic E-state index is -1.18. The van der Waals surface area contributed by atoms with Crippen molar-refractivity contribution in [3.8, 4) is 17.2 Å². The SMILES string of the molecule is CCOc1cc([C@@H]2NC(=O)NC(C)=C2C(=O)OC)ccc1OC[C@@H](O)N/N=C/c1c(OCc2ccccc2Cl)ccc2ccccc12. The topological polar surface area (TPSA) is 140 Å². The van der Waals surface area contributed by atoms with E-state index in [1.54, 1.807) is 31.3 Å². The first-order chi connectivity index (χ1) is 22.8. The average molecular weight is 659 g/mol. The molecule has 0 spiro atoms. The van der Waals surface area contributed by atoms with Crippen LogP contribution in [0, 0.1) is 0 Å². The Kier molecular flexibility index (Phi) is 10.8. The number of nitrogens with zero attached hydrogens (tertiary/aromatic N) is 1. The standard InChI is InChI=1S/C35H35ClN4O7/c1-4-45-30-17-23(33-32(34(42)44-3)21(2)38-35(43)39-33)14-16-29(30)47-20-31(41)40-37-18-26-25-11-7-5-9-22(25)13-15-28(26)46-19-24-10-6-8-12-27(24)36/h5-18,31,33,40-41H,4,19-20H2,1-3H3,(H2,38,39,43)/b37-18+/t31-,33+/m1/s1. The Morgan fingerprint density at radius 1 is 1.02 bits per heavy atom. The molecule has 4 N–H and O–H groups in total. The number of carbonyl (C=O) groups excluding carboxylic acids is 2. The van der Waals surface area contributed by atoms with Crippen LogP contribution in [-0.2, 0) is 16.1 Å². The summed E-state index contributed by atoms with van der Waals surface area (Å²) in [7, 11) is 1.28. The quantitative estimate of drug-likeness (QED) is 0.0631. The molecule has 2 amide bonds. The van der Waals surface area contributed by atoms with Crippen molar-refractivity contribution in [2.45, 2.75) is 32.7 Å². The molecular formula is C35H35ClN4O7. The number of nitrogens with one attached hydrogen (secondary N) is 3. The number of esters is 1. The summed E-state index contributed by atoms with van der Waals surface area (Å²) in [6.07, 6.45) is 0.415. The lowest BCUT2D eigenvalue weighted by Crippen LogP contribution is -2.45. The molecule has 0 aliphatic carbocycles. The number of aliphatic hydroxyl groups is 1. The lowest BCUT2D eigenvalue weighted by Gasteiger charge is -2.28. The summed E-state index contributed by atoms with van der Waals surface area (Å²) >= 11 is 6.32. The van der Waals surface area contributed by atoms with E-state index >= 15 is 0 Å². The number of urea groups is 1. The summed E-state index contributed by atoms with van der Waals surface area (Å²) in [5.74, 6) is 0.749. The fourth-order valence-corrected chi connectivity index (χ4v) is 5.31. The molecule has 244 valence electrons. The maximum absolute atomic E-state index is 12.5. The van der Waals surface area contributed by atoms with Crippen LogP contribution in [-0.4, -0.2) is 49.9 Å². The van der Waals surface area contributed by atoms with Crippen LogP contribution in [0.5, 0.6) is 17.2 Å². The number of amides is 2. The zero-order valence-corrected chi connectivity index (χ0v) is 26.8. The van der Waals surface area contributed by atoms with Gasteiger partial charge in [-0.25, -0.2) is 9.59 Å². The summed E-state index contributed by atoms with van der Waals surface area (Å²) in [6, 6.07) is 23.0. The number of hydrogen-bond donors (Lipinski definition) is 4. The van der Waals surface area contributed by atoms with Gasteiger partial charge in [0.2, 0.25) is 0 Å². The van der Waals surface area contributed by atoms with Crippen LogP contribution < -0.4 is 30.3 Å². The fourth-order valence-electron chi connectivity index (χ4n) is 5.12. The second kappa shape index (κ2) is 15.4. The van der Waals surface area contributed by atoms with Gasteiger partial charge < -0.3 is 34.7 Å². The van der Waals surface area contributed by atoms with Gasteiger partial charge in [0.1, 0.15) is 19.0 Å². The van der Waals surface area contributed by atoms with Crippen LogP contribution in [0.3, 0.4) is 0 Å². The van der Waals surface area contributed by atoms with Crippen molar-refractivity contribution in [3.05, 3.63) is 112 Å². The highest BCUT2D eigenvalue weighted by molar-refractivity contribution is 6.31. The number of aliphatic hydroxyl groups excluding tert-OH is 1. The summed E-state index contributed by atoms with van der Waals surface area (Å²) in [5, 5.41) is 22.8. The molecule has 47 heavy (non-hydrogen) atoms. The van der Waals surface area contributed by atoms with E-state index in [9.17, 15) is 14.7 Å². The summed E-state index contributed by atoms with van der Waals surface area (Å²) in [6.45, 7) is 3.88. The van der Waals surface area contributed by atoms with Crippen molar-refractivity contribution in [1.82, 2.24) is 16.1 Å². The third kappa shape index (κ3) is 7.94. The molecule has 12 heteroatoms. The van der Waals surface area contributed by atoms with Crippen molar-refractivity contribution in [2.24, 2.45) is 5.10 Å². The Hall–Kier alpha value is -5.26. The second-order valence-corrected chi connectivity index (χ2v) is 10.9. The average Bonchev–Trinajstić information content (AvgIpc) is 3.07. The molecule has 0 fully saturated rings. The number of allylic oxidation sites excluding steroid dienone is 1. The molecule has 0 bridgehead atoms. The minimum Gasteiger partial charge on any atom is -0.490 e. The number of hydrazone groups is 1. The first-order valence-electron chi connectivity index (χ1n) is 14.9. The van der Waals surface area contributed by atoms with Gasteiger partial charge in [0.05, 0.1) is 31.5 Å². The molecule has 1 aliphatic heterocycles. The van der Waals surface area contributed by atoms with Gasteiger partial charge in [0, 0.05) is 21.8 Å². The third-order valence-electron chi connectivity index (χ3n) is 7.36. The van der Waals surface area contributed by atoms with Crippen LogP contribution >= 0.6 is 11.6 Å². The van der Waals surface area contributed by atoms with E-state index < -0.39 is 24.3 Å². The zero-order valence-electron chi connectivity index (χ0n) is 26.1. The first kappa shape index (κ1) is 33.1. The summed E-state index contributed by atoms with van der Waals surface area (Å²) < 4.78 is 22.7. The second-order valence-electron chi connectivity index (χ2n) is 10.5. The molecule has 0 radical (unpaired) electrons. The zero-order chi connectivity index (χ0) is 33.3. The normalized spacial score (nSPS) is 15.2. The highest BCUT2D eigenvalue weighted by atomic mass is 35.5. The highest BCUT2D eigenvalue weighted by Gasteiger charge is 2.32. The molecular weight excluding hydrogens is 624 g/mol. The van der Waals surface area contributed by atoms with E-state index in [4.69, 9.17) is 30.5 Å². The van der Waals surface area contributed by atoms with Crippen LogP contribution in [0.2, 0.25) is 5.02 Å². The van der Waals surface area contributed by atoms with Crippen LogP contribution in [0.1, 0.15) is 36.6 Å². The molecule has 1 heterocycles. The predicted molar refractivity (Wildman–Crippen MR) is 179 cm³/mol. The van der Waals surface area contributed by atoms with E-state index in [1.807, 2.05) is 67.6 Å². The molecule has 11 nitrogen and oxygen atoms in total. The summed E-state index contributed by atoms with van der Waals surface area (Å²) in [4.78, 5) is 24.7.